The molecule has 0 saturated heterocycles. The fraction of sp³-hybridized carbons (Fsp3) is 0.158. The lowest BCUT2D eigenvalue weighted by atomic mass is 10.1. The maximum Gasteiger partial charge on any atom is 0.225 e. The number of rotatable bonds is 6. The molecule has 2 aromatic carbocycles. The van der Waals surface area contributed by atoms with Gasteiger partial charge in [0.25, 0.3) is 0 Å². The molecule has 3 aromatic rings. The number of aliphatic hydroxyl groups is 1. The van der Waals surface area contributed by atoms with Gasteiger partial charge in [-0.1, -0.05) is 30.3 Å². The van der Waals surface area contributed by atoms with Crippen molar-refractivity contribution in [2.45, 2.75) is 13.0 Å². The highest BCUT2D eigenvalue weighted by Crippen LogP contribution is 2.27. The van der Waals surface area contributed by atoms with Gasteiger partial charge in [-0.2, -0.15) is 4.98 Å². The van der Waals surface area contributed by atoms with E-state index in [9.17, 15) is 18.3 Å². The van der Waals surface area contributed by atoms with Gasteiger partial charge in [0.1, 0.15) is 17.3 Å². The quantitative estimate of drug-likeness (QED) is 0.567. The normalized spacial score (nSPS) is 11.9. The van der Waals surface area contributed by atoms with Gasteiger partial charge in [-0.25, -0.2) is 18.2 Å². The molecule has 1 heterocycles. The largest absolute Gasteiger partial charge is 0.394 e. The molecule has 0 unspecified atom stereocenters. The van der Waals surface area contributed by atoms with Gasteiger partial charge in [0.15, 0.2) is 11.6 Å². The van der Waals surface area contributed by atoms with Crippen LogP contribution >= 0.6 is 0 Å². The van der Waals surface area contributed by atoms with Crippen LogP contribution in [0.4, 0.5) is 30.6 Å². The zero-order valence-electron chi connectivity index (χ0n) is 14.4. The first-order valence-corrected chi connectivity index (χ1v) is 8.20. The van der Waals surface area contributed by atoms with E-state index in [2.05, 4.69) is 20.6 Å². The second-order valence-corrected chi connectivity index (χ2v) is 5.90. The fourth-order valence-electron chi connectivity index (χ4n) is 2.37. The van der Waals surface area contributed by atoms with Crippen LogP contribution in [0.3, 0.4) is 0 Å². The molecule has 1 atom stereocenters. The number of benzene rings is 2. The Balaban J connectivity index is 2.04. The van der Waals surface area contributed by atoms with Gasteiger partial charge in [-0.15, -0.1) is 0 Å². The summed E-state index contributed by atoms with van der Waals surface area (Å²) in [6.45, 7) is 1.56. The smallest absolute Gasteiger partial charge is 0.225 e. The maximum absolute atomic E-state index is 14.0. The number of hydrogen-bond donors (Lipinski definition) is 3. The molecule has 1 aromatic heterocycles. The third-order valence-corrected chi connectivity index (χ3v) is 3.74. The van der Waals surface area contributed by atoms with E-state index < -0.39 is 23.1 Å². The summed E-state index contributed by atoms with van der Waals surface area (Å²) in [5.41, 5.74) is 0.592. The summed E-state index contributed by atoms with van der Waals surface area (Å²) >= 11 is 0. The van der Waals surface area contributed by atoms with Crippen LogP contribution < -0.4 is 10.6 Å². The van der Waals surface area contributed by atoms with Crippen molar-refractivity contribution in [1.29, 1.82) is 0 Å². The third-order valence-electron chi connectivity index (χ3n) is 3.74. The standard InChI is InChI=1S/C19H17F3N4O/c1-11(10-27)23-19-24-15(12-5-3-2-4-6-12)9-16(26-19)25-18-14(21)8-7-13(20)17(18)22/h2-9,11,27H,10H2,1H3,(H2,23,24,25,26)/t11-/m0/s1. The number of aromatic nitrogens is 2. The average molecular weight is 374 g/mol. The molecule has 0 aliphatic heterocycles. The molecule has 5 nitrogen and oxygen atoms in total. The minimum atomic E-state index is -1.34. The Morgan fingerprint density at radius 3 is 2.41 bits per heavy atom. The predicted octanol–water partition coefficient (Wildman–Crippen LogP) is 4.10. The monoisotopic (exact) mass is 374 g/mol. The highest BCUT2D eigenvalue weighted by Gasteiger charge is 2.16. The molecule has 0 amide bonds. The molecule has 8 heteroatoms. The topological polar surface area (TPSA) is 70.1 Å². The van der Waals surface area contributed by atoms with Crippen LogP contribution in [0.25, 0.3) is 11.3 Å². The molecule has 140 valence electrons. The van der Waals surface area contributed by atoms with Gasteiger partial charge in [0.2, 0.25) is 5.95 Å². The van der Waals surface area contributed by atoms with Crippen molar-refractivity contribution in [3.63, 3.8) is 0 Å². The maximum atomic E-state index is 14.0. The van der Waals surface area contributed by atoms with Crippen LogP contribution in [0.2, 0.25) is 0 Å². The Hall–Kier alpha value is -3.13. The Morgan fingerprint density at radius 1 is 1.00 bits per heavy atom. The first-order valence-electron chi connectivity index (χ1n) is 8.20. The summed E-state index contributed by atoms with van der Waals surface area (Å²) < 4.78 is 41.4. The molecule has 3 rings (SSSR count). The highest BCUT2D eigenvalue weighted by molar-refractivity contribution is 5.67. The van der Waals surface area contributed by atoms with Crippen molar-refractivity contribution in [2.75, 3.05) is 17.2 Å². The van der Waals surface area contributed by atoms with Crippen LogP contribution in [0.1, 0.15) is 6.92 Å². The van der Waals surface area contributed by atoms with Crippen molar-refractivity contribution in [1.82, 2.24) is 9.97 Å². The lowest BCUT2D eigenvalue weighted by Crippen LogP contribution is -2.21. The molecular formula is C19H17F3N4O. The van der Waals surface area contributed by atoms with Crippen molar-refractivity contribution in [2.24, 2.45) is 0 Å². The van der Waals surface area contributed by atoms with Crippen molar-refractivity contribution in [3.8, 4) is 11.3 Å². The van der Waals surface area contributed by atoms with E-state index in [1.54, 1.807) is 6.92 Å². The molecule has 0 bridgehead atoms. The molecule has 0 aliphatic rings. The van der Waals surface area contributed by atoms with Gasteiger partial charge in [0, 0.05) is 17.7 Å². The van der Waals surface area contributed by atoms with Crippen molar-refractivity contribution >= 4 is 17.5 Å². The van der Waals surface area contributed by atoms with Crippen LogP contribution in [0.5, 0.6) is 0 Å². The Bertz CT molecular complexity index is 938. The summed E-state index contributed by atoms with van der Waals surface area (Å²) in [6.07, 6.45) is 0. The fourth-order valence-corrected chi connectivity index (χ4v) is 2.37. The number of nitrogens with zero attached hydrogens (tertiary/aromatic N) is 2. The second-order valence-electron chi connectivity index (χ2n) is 5.90. The minimum absolute atomic E-state index is 0.0693. The molecular weight excluding hydrogens is 357 g/mol. The predicted molar refractivity (Wildman–Crippen MR) is 97.2 cm³/mol. The molecule has 27 heavy (non-hydrogen) atoms. The molecule has 0 aliphatic carbocycles. The zero-order chi connectivity index (χ0) is 19.4. The number of halogens is 3. The lowest BCUT2D eigenvalue weighted by molar-refractivity contribution is 0.281. The molecule has 0 saturated carbocycles. The molecule has 0 spiro atoms. The van der Waals surface area contributed by atoms with E-state index in [0.717, 1.165) is 11.6 Å². The number of nitrogens with one attached hydrogen (secondary N) is 2. The highest BCUT2D eigenvalue weighted by atomic mass is 19.2. The first-order chi connectivity index (χ1) is 13.0. The SMILES string of the molecule is C[C@@H](CO)Nc1nc(Nc2c(F)ccc(F)c2F)cc(-c2ccccc2)n1. The van der Waals surface area contributed by atoms with E-state index in [-0.39, 0.29) is 24.4 Å². The molecule has 3 N–H and O–H groups in total. The van der Waals surface area contributed by atoms with Crippen LogP contribution in [-0.4, -0.2) is 27.7 Å². The van der Waals surface area contributed by atoms with Crippen molar-refractivity contribution in [3.05, 3.63) is 66.0 Å². The average Bonchev–Trinajstić information content (AvgIpc) is 2.68. The minimum Gasteiger partial charge on any atom is -0.394 e. The molecule has 0 fully saturated rings. The van der Waals surface area contributed by atoms with E-state index in [4.69, 9.17) is 0 Å². The van der Waals surface area contributed by atoms with Crippen LogP contribution in [-0.2, 0) is 0 Å². The lowest BCUT2D eigenvalue weighted by Gasteiger charge is -2.15. The van der Waals surface area contributed by atoms with Crippen LogP contribution in [0.15, 0.2) is 48.5 Å². The van der Waals surface area contributed by atoms with Gasteiger partial charge < -0.3 is 15.7 Å². The van der Waals surface area contributed by atoms with Crippen LogP contribution in [0, 0.1) is 17.5 Å². The third kappa shape index (κ3) is 4.35. The van der Waals surface area contributed by atoms with Gasteiger partial charge >= 0.3 is 0 Å². The summed E-state index contributed by atoms with van der Waals surface area (Å²) in [7, 11) is 0. The van der Waals surface area contributed by atoms with Gasteiger partial charge in [-0.05, 0) is 19.1 Å². The zero-order valence-corrected chi connectivity index (χ0v) is 14.4. The molecule has 0 radical (unpaired) electrons. The number of anilines is 3. The van der Waals surface area contributed by atoms with Gasteiger partial charge in [0.05, 0.1) is 12.3 Å². The van der Waals surface area contributed by atoms with Crippen molar-refractivity contribution < 1.29 is 18.3 Å². The van der Waals surface area contributed by atoms with E-state index >= 15 is 0 Å². The Labute approximate surface area is 153 Å². The summed E-state index contributed by atoms with van der Waals surface area (Å²) in [4.78, 5) is 8.51. The Morgan fingerprint density at radius 2 is 1.70 bits per heavy atom. The number of aliphatic hydroxyl groups excluding tert-OH is 1. The Kier molecular flexibility index (Phi) is 5.56. The van der Waals surface area contributed by atoms with E-state index in [0.29, 0.717) is 11.8 Å². The summed E-state index contributed by atoms with van der Waals surface area (Å²) in [6, 6.07) is 11.8. The van der Waals surface area contributed by atoms with Gasteiger partial charge in [-0.3, -0.25) is 0 Å². The van der Waals surface area contributed by atoms with E-state index in [1.807, 2.05) is 30.3 Å². The summed E-state index contributed by atoms with van der Waals surface area (Å²) in [5.74, 6) is -3.25. The summed E-state index contributed by atoms with van der Waals surface area (Å²) in [5, 5.41) is 14.6. The first kappa shape index (κ1) is 18.7. The van der Waals surface area contributed by atoms with E-state index in [1.165, 1.54) is 6.07 Å². The number of hydrogen-bond acceptors (Lipinski definition) is 5. The second kappa shape index (κ2) is 8.05.